The van der Waals surface area contributed by atoms with Gasteiger partial charge in [-0.2, -0.15) is 4.39 Å². The van der Waals surface area contributed by atoms with Crippen molar-refractivity contribution in [3.63, 3.8) is 0 Å². The largest absolute Gasteiger partial charge is 0.494 e. The van der Waals surface area contributed by atoms with Gasteiger partial charge in [-0.3, -0.25) is 0 Å². The first kappa shape index (κ1) is 24.0. The van der Waals surface area contributed by atoms with Gasteiger partial charge in [0.05, 0.1) is 13.2 Å². The third-order valence-corrected chi connectivity index (χ3v) is 6.42. The normalized spacial score (nSPS) is 15.8. The third kappa shape index (κ3) is 4.87. The van der Waals surface area contributed by atoms with Crippen molar-refractivity contribution in [2.45, 2.75) is 38.2 Å². The number of methoxy groups -OCH3 is 2. The fourth-order valence-electron chi connectivity index (χ4n) is 4.34. The summed E-state index contributed by atoms with van der Waals surface area (Å²) in [6, 6.07) is 13.0. The van der Waals surface area contributed by atoms with Crippen molar-refractivity contribution >= 4 is 5.57 Å². The maximum atomic E-state index is 14.8. The number of hydrogen-bond acceptors (Lipinski definition) is 2. The number of aryl methyl sites for hydroxylation is 2. The first-order valence-corrected chi connectivity index (χ1v) is 11.2. The summed E-state index contributed by atoms with van der Waals surface area (Å²) >= 11 is 0. The Labute approximate surface area is 196 Å². The molecule has 0 heterocycles. The molecule has 1 aliphatic rings. The zero-order valence-corrected chi connectivity index (χ0v) is 19.1. The van der Waals surface area contributed by atoms with Crippen LogP contribution in [0, 0.1) is 23.3 Å². The van der Waals surface area contributed by atoms with Crippen LogP contribution < -0.4 is 4.74 Å². The fourth-order valence-corrected chi connectivity index (χ4v) is 4.34. The summed E-state index contributed by atoms with van der Waals surface area (Å²) in [5, 5.41) is 0. The summed E-state index contributed by atoms with van der Waals surface area (Å²) in [5.74, 6) is -3.80. The smallest absolute Gasteiger partial charge is 0.201 e. The number of hydrogen-bond donors (Lipinski definition) is 0. The van der Waals surface area contributed by atoms with E-state index in [0.29, 0.717) is 42.4 Å². The van der Waals surface area contributed by atoms with Gasteiger partial charge in [0.2, 0.25) is 5.82 Å². The first-order chi connectivity index (χ1) is 16.4. The first-order valence-electron chi connectivity index (χ1n) is 11.2. The van der Waals surface area contributed by atoms with Gasteiger partial charge in [0.15, 0.2) is 23.2 Å². The van der Waals surface area contributed by atoms with Gasteiger partial charge in [-0.1, -0.05) is 42.5 Å². The average Bonchev–Trinajstić information content (AvgIpc) is 2.87. The van der Waals surface area contributed by atoms with Gasteiger partial charge in [0.25, 0.3) is 0 Å². The van der Waals surface area contributed by atoms with Gasteiger partial charge >= 0.3 is 0 Å². The molecule has 4 rings (SSSR count). The molecule has 0 amide bonds. The van der Waals surface area contributed by atoms with Crippen LogP contribution in [-0.2, 0) is 17.6 Å². The van der Waals surface area contributed by atoms with Crippen molar-refractivity contribution in [1.29, 1.82) is 0 Å². The lowest BCUT2D eigenvalue weighted by Crippen LogP contribution is -2.14. The highest BCUT2D eigenvalue weighted by Gasteiger charge is 2.20. The van der Waals surface area contributed by atoms with Gasteiger partial charge in [-0.25, -0.2) is 13.2 Å². The lowest BCUT2D eigenvalue weighted by Gasteiger charge is -2.21. The lowest BCUT2D eigenvalue weighted by molar-refractivity contribution is 0.0964. The van der Waals surface area contributed by atoms with Gasteiger partial charge in [-0.05, 0) is 66.5 Å². The molecule has 6 heteroatoms. The second-order valence-electron chi connectivity index (χ2n) is 8.40. The summed E-state index contributed by atoms with van der Waals surface area (Å²) < 4.78 is 68.1. The number of ether oxygens (including phenoxy) is 2. The molecule has 1 unspecified atom stereocenters. The van der Waals surface area contributed by atoms with Crippen LogP contribution in [0.25, 0.3) is 16.7 Å². The minimum Gasteiger partial charge on any atom is -0.494 e. The van der Waals surface area contributed by atoms with Crippen LogP contribution in [0.2, 0.25) is 0 Å². The third-order valence-electron chi connectivity index (χ3n) is 6.42. The summed E-state index contributed by atoms with van der Waals surface area (Å²) in [6.45, 7) is 0. The number of allylic oxidation sites excluding steroid dienone is 1. The Hall–Kier alpha value is -3.12. The van der Waals surface area contributed by atoms with Crippen LogP contribution in [0.5, 0.6) is 5.75 Å². The summed E-state index contributed by atoms with van der Waals surface area (Å²) in [6.07, 6.45) is 4.98. The predicted molar refractivity (Wildman–Crippen MR) is 125 cm³/mol. The Balaban J connectivity index is 1.45. The monoisotopic (exact) mass is 470 g/mol. The maximum Gasteiger partial charge on any atom is 0.201 e. The molecule has 178 valence electrons. The van der Waals surface area contributed by atoms with Gasteiger partial charge < -0.3 is 9.47 Å². The molecule has 0 spiro atoms. The summed E-state index contributed by atoms with van der Waals surface area (Å²) in [4.78, 5) is 0. The van der Waals surface area contributed by atoms with Crippen LogP contribution in [0.4, 0.5) is 17.6 Å². The van der Waals surface area contributed by atoms with Gasteiger partial charge in [0.1, 0.15) is 0 Å². The molecule has 3 aromatic carbocycles. The number of benzene rings is 3. The Morgan fingerprint density at radius 3 is 2.12 bits per heavy atom. The van der Waals surface area contributed by atoms with Crippen molar-refractivity contribution in [2.24, 2.45) is 0 Å². The SMILES string of the molecule is COc1ccc(-c2ccc(CCc3ccc(C4=CCC(OC)CC4)c(F)c3F)cc2)c(F)c1F. The van der Waals surface area contributed by atoms with E-state index < -0.39 is 23.3 Å². The van der Waals surface area contributed by atoms with Crippen LogP contribution in [0.3, 0.4) is 0 Å². The van der Waals surface area contributed by atoms with Crippen molar-refractivity contribution in [2.75, 3.05) is 14.2 Å². The molecule has 0 radical (unpaired) electrons. The maximum absolute atomic E-state index is 14.8. The van der Waals surface area contributed by atoms with E-state index in [1.807, 2.05) is 6.08 Å². The minimum absolute atomic E-state index is 0.127. The second kappa shape index (κ2) is 10.4. The molecule has 1 atom stereocenters. The van der Waals surface area contributed by atoms with E-state index in [4.69, 9.17) is 9.47 Å². The van der Waals surface area contributed by atoms with Crippen LogP contribution in [0.1, 0.15) is 36.0 Å². The predicted octanol–water partition coefficient (Wildman–Crippen LogP) is 7.29. The molecular formula is C28H26F4O2. The Morgan fingerprint density at radius 2 is 1.47 bits per heavy atom. The van der Waals surface area contributed by atoms with E-state index in [2.05, 4.69) is 0 Å². The van der Waals surface area contributed by atoms with E-state index in [0.717, 1.165) is 17.6 Å². The number of halogens is 4. The molecule has 0 aliphatic heterocycles. The minimum atomic E-state index is -1.03. The highest BCUT2D eigenvalue weighted by atomic mass is 19.2. The van der Waals surface area contributed by atoms with Crippen molar-refractivity contribution in [3.8, 4) is 16.9 Å². The van der Waals surface area contributed by atoms with Crippen LogP contribution in [-0.4, -0.2) is 20.3 Å². The zero-order chi connectivity index (χ0) is 24.2. The van der Waals surface area contributed by atoms with Crippen LogP contribution in [0.15, 0.2) is 54.6 Å². The molecular weight excluding hydrogens is 444 g/mol. The van der Waals surface area contributed by atoms with Crippen molar-refractivity contribution in [3.05, 3.63) is 94.6 Å². The highest BCUT2D eigenvalue weighted by Crippen LogP contribution is 2.32. The Bertz CT molecular complexity index is 1200. The second-order valence-corrected chi connectivity index (χ2v) is 8.40. The molecule has 0 fully saturated rings. The molecule has 1 aliphatic carbocycles. The zero-order valence-electron chi connectivity index (χ0n) is 19.1. The van der Waals surface area contributed by atoms with E-state index >= 15 is 0 Å². The molecule has 34 heavy (non-hydrogen) atoms. The van der Waals surface area contributed by atoms with E-state index in [1.54, 1.807) is 43.5 Å². The van der Waals surface area contributed by atoms with Crippen LogP contribution >= 0.6 is 0 Å². The molecule has 0 saturated heterocycles. The molecule has 3 aromatic rings. The fraction of sp³-hybridized carbons (Fsp3) is 0.286. The van der Waals surface area contributed by atoms with Gasteiger partial charge in [-0.15, -0.1) is 0 Å². The lowest BCUT2D eigenvalue weighted by atomic mass is 9.90. The number of rotatable bonds is 7. The summed E-state index contributed by atoms with van der Waals surface area (Å²) in [7, 11) is 2.93. The quantitative estimate of drug-likeness (QED) is 0.338. The molecule has 2 nitrogen and oxygen atoms in total. The molecule has 0 bridgehead atoms. The molecule has 0 saturated carbocycles. The molecule has 0 N–H and O–H groups in total. The summed E-state index contributed by atoms with van der Waals surface area (Å²) in [5.41, 5.74) is 2.95. The highest BCUT2D eigenvalue weighted by molar-refractivity contribution is 5.67. The van der Waals surface area contributed by atoms with Crippen molar-refractivity contribution < 1.29 is 27.0 Å². The van der Waals surface area contributed by atoms with Crippen molar-refractivity contribution in [1.82, 2.24) is 0 Å². The average molecular weight is 471 g/mol. The Morgan fingerprint density at radius 1 is 0.765 bits per heavy atom. The van der Waals surface area contributed by atoms with E-state index in [1.165, 1.54) is 19.2 Å². The standard InChI is InChI=1S/C28H26F4O2/c1-33-21-12-9-19(10-13-21)22-14-11-20(25(29)26(22)30)8-5-17-3-6-18(7-4-17)23-15-16-24(34-2)28(32)27(23)31/h3-4,6-7,9,11,14-16,21H,5,8,10,12-13H2,1-2H3. The van der Waals surface area contributed by atoms with E-state index in [9.17, 15) is 17.6 Å². The van der Waals surface area contributed by atoms with Gasteiger partial charge in [0, 0.05) is 18.2 Å². The Kier molecular flexibility index (Phi) is 7.37. The molecule has 0 aromatic heterocycles. The topological polar surface area (TPSA) is 18.5 Å². The van der Waals surface area contributed by atoms with E-state index in [-0.39, 0.29) is 17.4 Å².